The number of carbonyl (C=O) groups is 1. The number of hydrogen-bond acceptors (Lipinski definition) is 4. The van der Waals surface area contributed by atoms with Gasteiger partial charge in [-0.3, -0.25) is 0 Å². The van der Waals surface area contributed by atoms with Gasteiger partial charge in [-0.2, -0.15) is 5.26 Å². The maximum Gasteiger partial charge on any atom is 0.321 e. The van der Waals surface area contributed by atoms with Gasteiger partial charge in [0.1, 0.15) is 11.6 Å². The average molecular weight is 378 g/mol. The smallest absolute Gasteiger partial charge is 0.321 e. The van der Waals surface area contributed by atoms with E-state index >= 15 is 0 Å². The summed E-state index contributed by atoms with van der Waals surface area (Å²) in [5, 5.41) is 12.6. The summed E-state index contributed by atoms with van der Waals surface area (Å²) in [5.41, 5.74) is 4.88. The fourth-order valence-electron chi connectivity index (χ4n) is 3.49. The molecule has 0 saturated heterocycles. The van der Waals surface area contributed by atoms with Crippen LogP contribution in [0.25, 0.3) is 11.0 Å². The number of nitrogens with zero attached hydrogens (tertiary/aromatic N) is 4. The largest absolute Gasteiger partial charge is 0.343 e. The van der Waals surface area contributed by atoms with Gasteiger partial charge in [0.05, 0.1) is 17.4 Å². The molecule has 0 atom stereocenters. The fourth-order valence-corrected chi connectivity index (χ4v) is 3.76. The minimum atomic E-state index is -0.143. The number of nitriles is 1. The lowest BCUT2D eigenvalue weighted by atomic mass is 10.2. The van der Waals surface area contributed by atoms with Gasteiger partial charge in [-0.1, -0.05) is 29.9 Å². The highest BCUT2D eigenvalue weighted by atomic mass is 32.1. The van der Waals surface area contributed by atoms with Crippen LogP contribution in [-0.4, -0.2) is 38.6 Å². The maximum atomic E-state index is 12.7. The van der Waals surface area contributed by atoms with E-state index in [1.165, 1.54) is 6.33 Å². The number of anilines is 1. The summed E-state index contributed by atoms with van der Waals surface area (Å²) in [4.78, 5) is 21.6. The van der Waals surface area contributed by atoms with E-state index in [2.05, 4.69) is 21.4 Å². The predicted molar refractivity (Wildman–Crippen MR) is 105 cm³/mol. The Hall–Kier alpha value is -3.18. The molecule has 2 aromatic heterocycles. The number of fused-ring (bicyclic) bond motifs is 3. The summed E-state index contributed by atoms with van der Waals surface area (Å²) in [6, 6.07) is 9.84. The number of hydrogen-bond donors (Lipinski definition) is 2. The third-order valence-electron chi connectivity index (χ3n) is 4.88. The molecule has 1 aromatic carbocycles. The number of urea groups is 1. The van der Waals surface area contributed by atoms with E-state index in [0.717, 1.165) is 28.0 Å². The molecule has 0 radical (unpaired) electrons. The molecule has 0 fully saturated rings. The Morgan fingerprint density at radius 1 is 1.30 bits per heavy atom. The van der Waals surface area contributed by atoms with Gasteiger partial charge in [-0.25, -0.2) is 9.78 Å². The Morgan fingerprint density at radius 3 is 2.81 bits per heavy atom. The second-order valence-electron chi connectivity index (χ2n) is 6.55. The van der Waals surface area contributed by atoms with Crippen LogP contribution in [0.5, 0.6) is 0 Å². The number of benzene rings is 1. The number of aromatic amines is 1. The molecule has 0 bridgehead atoms. The lowest BCUT2D eigenvalue weighted by Crippen LogP contribution is -2.37. The first-order chi connectivity index (χ1) is 13.1. The fraction of sp³-hybridized carbons (Fsp3) is 0.263. The van der Waals surface area contributed by atoms with Crippen molar-refractivity contribution in [2.45, 2.75) is 19.9 Å². The number of aryl methyl sites for hydroxylation is 1. The van der Waals surface area contributed by atoms with Gasteiger partial charge < -0.3 is 19.8 Å². The van der Waals surface area contributed by atoms with E-state index in [4.69, 9.17) is 12.2 Å². The molecular weight excluding hydrogens is 360 g/mol. The van der Waals surface area contributed by atoms with Crippen LogP contribution in [0.2, 0.25) is 0 Å². The summed E-state index contributed by atoms with van der Waals surface area (Å²) >= 11 is 5.37. The van der Waals surface area contributed by atoms with Crippen molar-refractivity contribution in [1.29, 1.82) is 5.26 Å². The van der Waals surface area contributed by atoms with Gasteiger partial charge >= 0.3 is 6.03 Å². The highest BCUT2D eigenvalue weighted by Gasteiger charge is 2.24. The predicted octanol–water partition coefficient (Wildman–Crippen LogP) is 3.36. The zero-order chi connectivity index (χ0) is 19.0. The lowest BCUT2D eigenvalue weighted by Gasteiger charge is -2.20. The summed E-state index contributed by atoms with van der Waals surface area (Å²) in [7, 11) is 0. The number of H-pyrrole nitrogens is 1. The number of amides is 2. The van der Waals surface area contributed by atoms with Crippen LogP contribution >= 0.6 is 12.2 Å². The maximum absolute atomic E-state index is 12.7. The normalized spacial score (nSPS) is 13.7. The Balaban J connectivity index is 1.60. The average Bonchev–Trinajstić information content (AvgIpc) is 2.81. The topological polar surface area (TPSA) is 89.7 Å². The van der Waals surface area contributed by atoms with E-state index in [1.54, 1.807) is 4.90 Å². The van der Waals surface area contributed by atoms with Gasteiger partial charge in [0.15, 0.2) is 4.64 Å². The molecule has 136 valence electrons. The highest BCUT2D eigenvalue weighted by molar-refractivity contribution is 7.71. The molecular formula is C19H18N6OS. The van der Waals surface area contributed by atoms with E-state index in [-0.39, 0.29) is 6.03 Å². The number of carbonyl (C=O) groups excluding carboxylic acids is 1. The molecule has 8 heteroatoms. The standard InChI is InChI=1S/C19H18N6OS/c1-12-2-4-13(5-3-12)23-19(26)24-7-6-15-14(10-20)16-17(25(15)9-8-24)18(27)22-11-21-16/h2-5,11H,6-9H2,1H3,(H,23,26)(H,21,22,27). The third kappa shape index (κ3) is 3.06. The van der Waals surface area contributed by atoms with Crippen molar-refractivity contribution < 1.29 is 4.79 Å². The van der Waals surface area contributed by atoms with E-state index in [1.807, 2.05) is 35.8 Å². The quantitative estimate of drug-likeness (QED) is 0.635. The highest BCUT2D eigenvalue weighted by Crippen LogP contribution is 2.26. The summed E-state index contributed by atoms with van der Waals surface area (Å²) in [6.45, 7) is 3.63. The lowest BCUT2D eigenvalue weighted by molar-refractivity contribution is 0.213. The van der Waals surface area contributed by atoms with Gasteiger partial charge in [-0.15, -0.1) is 0 Å². The molecule has 0 aliphatic carbocycles. The zero-order valence-electron chi connectivity index (χ0n) is 14.8. The molecule has 0 unspecified atom stereocenters. The summed E-state index contributed by atoms with van der Waals surface area (Å²) < 4.78 is 2.49. The molecule has 4 rings (SSSR count). The van der Waals surface area contributed by atoms with Crippen LogP contribution in [0.3, 0.4) is 0 Å². The van der Waals surface area contributed by atoms with Crippen molar-refractivity contribution in [2.24, 2.45) is 0 Å². The molecule has 3 aromatic rings. The Bertz CT molecular complexity index is 1120. The molecule has 2 N–H and O–H groups in total. The minimum Gasteiger partial charge on any atom is -0.343 e. The van der Waals surface area contributed by atoms with Gasteiger partial charge in [0.2, 0.25) is 0 Å². The number of nitrogens with one attached hydrogen (secondary N) is 2. The van der Waals surface area contributed by atoms with Gasteiger partial charge in [-0.05, 0) is 19.1 Å². The second kappa shape index (κ2) is 6.85. The number of rotatable bonds is 1. The van der Waals surface area contributed by atoms with E-state index in [9.17, 15) is 10.1 Å². The minimum absolute atomic E-state index is 0.143. The number of aromatic nitrogens is 3. The van der Waals surface area contributed by atoms with Crippen LogP contribution in [0, 0.1) is 22.9 Å². The molecule has 0 saturated carbocycles. The van der Waals surface area contributed by atoms with E-state index in [0.29, 0.717) is 36.3 Å². The molecule has 0 spiro atoms. The zero-order valence-corrected chi connectivity index (χ0v) is 15.6. The van der Waals surface area contributed by atoms with Crippen LogP contribution in [0.1, 0.15) is 16.8 Å². The van der Waals surface area contributed by atoms with Crippen molar-refractivity contribution in [3.8, 4) is 6.07 Å². The van der Waals surface area contributed by atoms with E-state index < -0.39 is 0 Å². The molecule has 1 aliphatic rings. The first-order valence-corrected chi connectivity index (χ1v) is 9.11. The van der Waals surface area contributed by atoms with Crippen molar-refractivity contribution in [3.05, 3.63) is 52.1 Å². The first kappa shape index (κ1) is 17.2. The summed E-state index contributed by atoms with van der Waals surface area (Å²) in [6.07, 6.45) is 2.11. The Kier molecular flexibility index (Phi) is 4.38. The third-order valence-corrected chi connectivity index (χ3v) is 5.18. The van der Waals surface area contributed by atoms with Gasteiger partial charge in [0, 0.05) is 37.4 Å². The SMILES string of the molecule is Cc1ccc(NC(=O)N2CCc3c(C#N)c4[nH]cnc(=S)c4n3CC2)cc1. The van der Waals surface area contributed by atoms with Crippen LogP contribution in [0.4, 0.5) is 10.5 Å². The van der Waals surface area contributed by atoms with Crippen molar-refractivity contribution in [2.75, 3.05) is 18.4 Å². The van der Waals surface area contributed by atoms with Crippen LogP contribution in [-0.2, 0) is 13.0 Å². The molecule has 27 heavy (non-hydrogen) atoms. The molecule has 3 heterocycles. The van der Waals surface area contributed by atoms with Crippen LogP contribution < -0.4 is 5.32 Å². The summed E-state index contributed by atoms with van der Waals surface area (Å²) in [5.74, 6) is 0. The molecule has 7 nitrogen and oxygen atoms in total. The van der Waals surface area contributed by atoms with Crippen molar-refractivity contribution >= 4 is 35.0 Å². The molecule has 1 aliphatic heterocycles. The van der Waals surface area contributed by atoms with Crippen LogP contribution in [0.15, 0.2) is 30.6 Å². The second-order valence-corrected chi connectivity index (χ2v) is 6.94. The monoisotopic (exact) mass is 378 g/mol. The Morgan fingerprint density at radius 2 is 2.07 bits per heavy atom. The van der Waals surface area contributed by atoms with Crippen molar-refractivity contribution in [3.63, 3.8) is 0 Å². The van der Waals surface area contributed by atoms with Crippen molar-refractivity contribution in [1.82, 2.24) is 19.4 Å². The first-order valence-electron chi connectivity index (χ1n) is 8.70. The molecule has 2 amide bonds. The Labute approximate surface area is 161 Å². The van der Waals surface area contributed by atoms with Gasteiger partial charge in [0.25, 0.3) is 0 Å².